The molecular weight excluding hydrogens is 540 g/mol. The number of aromatic nitrogens is 3. The van der Waals surface area contributed by atoms with E-state index in [2.05, 4.69) is 33.7 Å². The van der Waals surface area contributed by atoms with Gasteiger partial charge in [0, 0.05) is 66.0 Å². The van der Waals surface area contributed by atoms with Crippen LogP contribution in [0, 0.1) is 5.92 Å². The Balaban J connectivity index is 1.54. The number of nitrogens with zero attached hydrogens (tertiary/aromatic N) is 5. The van der Waals surface area contributed by atoms with E-state index >= 15 is 0 Å². The summed E-state index contributed by atoms with van der Waals surface area (Å²) >= 11 is 6.79. The molecule has 0 bridgehead atoms. The van der Waals surface area contributed by atoms with Crippen LogP contribution in [0.5, 0.6) is 0 Å². The largest absolute Gasteiger partial charge is 0.484 e. The highest BCUT2D eigenvalue weighted by atomic mass is 35.5. The number of rotatable bonds is 8. The van der Waals surface area contributed by atoms with Crippen LogP contribution in [0.4, 0.5) is 5.95 Å². The van der Waals surface area contributed by atoms with Gasteiger partial charge in [0.15, 0.2) is 5.90 Å². The molecular formula is C31H39ClN6O3. The van der Waals surface area contributed by atoms with Gasteiger partial charge in [-0.1, -0.05) is 37.2 Å². The summed E-state index contributed by atoms with van der Waals surface area (Å²) in [5.74, 6) is 1.43. The Kier molecular flexibility index (Phi) is 9.37. The van der Waals surface area contributed by atoms with Crippen molar-refractivity contribution in [1.29, 1.82) is 0 Å². The summed E-state index contributed by atoms with van der Waals surface area (Å²) in [5.41, 5.74) is 3.01. The monoisotopic (exact) mass is 578 g/mol. The standard InChI is InChI=1S/C31H39ClN6O3/c1-5-37-12-8-22(9-13-37)19-38-29-24(18-33-31(36-29)35-25-10-14-41-15-11-25)16-27(30(38)39)26-7-6-23(17-28(26)32)20(2)34-21(3)40-4/h6-7,16-18,22,25H,2,5,8-15,19H2,1,3-4H3,(H,33,35,36). The van der Waals surface area contributed by atoms with Crippen LogP contribution in [-0.2, 0) is 16.0 Å². The number of hydrogen-bond donors (Lipinski definition) is 1. The van der Waals surface area contributed by atoms with Gasteiger partial charge in [-0.05, 0) is 63.4 Å². The van der Waals surface area contributed by atoms with Crippen molar-refractivity contribution in [1.82, 2.24) is 19.4 Å². The Labute approximate surface area is 246 Å². The normalized spacial score (nSPS) is 17.6. The van der Waals surface area contributed by atoms with Gasteiger partial charge in [0.1, 0.15) is 5.65 Å². The molecule has 0 amide bonds. The Hall–Kier alpha value is -3.27. The SMILES string of the molecule is C=C(N=C(C)OC)c1ccc(-c2cc3cnc(NC4CCOCC4)nc3n(CC3CCN(CC)CC3)c2=O)c(Cl)c1. The third-order valence-electron chi connectivity index (χ3n) is 8.16. The molecule has 5 rings (SSSR count). The van der Waals surface area contributed by atoms with Gasteiger partial charge in [0.05, 0.1) is 12.8 Å². The molecule has 2 aliphatic rings. The number of piperidine rings is 1. The average Bonchev–Trinajstić information content (AvgIpc) is 2.99. The number of aliphatic imine (C=N–C) groups is 1. The van der Waals surface area contributed by atoms with Crippen molar-refractivity contribution in [2.45, 2.75) is 52.1 Å². The first-order chi connectivity index (χ1) is 19.9. The molecule has 0 saturated carbocycles. The van der Waals surface area contributed by atoms with Gasteiger partial charge < -0.3 is 19.7 Å². The number of anilines is 1. The van der Waals surface area contributed by atoms with Gasteiger partial charge in [0.25, 0.3) is 5.56 Å². The van der Waals surface area contributed by atoms with Gasteiger partial charge in [-0.25, -0.2) is 9.98 Å². The van der Waals surface area contributed by atoms with Crippen molar-refractivity contribution in [3.05, 3.63) is 58.0 Å². The second kappa shape index (κ2) is 13.1. The van der Waals surface area contributed by atoms with E-state index in [0.29, 0.717) is 51.8 Å². The lowest BCUT2D eigenvalue weighted by Crippen LogP contribution is -2.36. The van der Waals surface area contributed by atoms with Crippen LogP contribution < -0.4 is 10.9 Å². The molecule has 0 atom stereocenters. The summed E-state index contributed by atoms with van der Waals surface area (Å²) in [6.07, 6.45) is 5.70. The fourth-order valence-electron chi connectivity index (χ4n) is 5.57. The van der Waals surface area contributed by atoms with Crippen LogP contribution in [0.3, 0.4) is 0 Å². The van der Waals surface area contributed by atoms with E-state index in [1.807, 2.05) is 22.8 Å². The minimum Gasteiger partial charge on any atom is -0.484 e. The smallest absolute Gasteiger partial charge is 0.260 e. The zero-order valence-electron chi connectivity index (χ0n) is 24.2. The molecule has 9 nitrogen and oxygen atoms in total. The van der Waals surface area contributed by atoms with Crippen LogP contribution in [0.1, 0.15) is 45.1 Å². The van der Waals surface area contributed by atoms with Crippen molar-refractivity contribution >= 4 is 40.2 Å². The van der Waals surface area contributed by atoms with Crippen molar-refractivity contribution < 1.29 is 9.47 Å². The lowest BCUT2D eigenvalue weighted by atomic mass is 9.96. The van der Waals surface area contributed by atoms with Gasteiger partial charge in [-0.2, -0.15) is 4.98 Å². The van der Waals surface area contributed by atoms with E-state index in [4.69, 9.17) is 26.1 Å². The molecule has 218 valence electrons. The number of halogens is 1. The molecule has 41 heavy (non-hydrogen) atoms. The molecule has 0 aliphatic carbocycles. The van der Waals surface area contributed by atoms with Crippen molar-refractivity contribution in [2.75, 3.05) is 45.3 Å². The molecule has 3 aromatic rings. The maximum Gasteiger partial charge on any atom is 0.260 e. The molecule has 4 heterocycles. The summed E-state index contributed by atoms with van der Waals surface area (Å²) in [4.78, 5) is 30.5. The number of nitrogens with one attached hydrogen (secondary N) is 1. The minimum atomic E-state index is -0.104. The Morgan fingerprint density at radius 2 is 1.95 bits per heavy atom. The fraction of sp³-hybridized carbons (Fsp3) is 0.484. The average molecular weight is 579 g/mol. The molecule has 0 radical (unpaired) electrons. The van der Waals surface area contributed by atoms with E-state index < -0.39 is 0 Å². The lowest BCUT2D eigenvalue weighted by molar-refractivity contribution is 0.0903. The maximum absolute atomic E-state index is 14.2. The second-order valence-electron chi connectivity index (χ2n) is 10.8. The Bertz CT molecular complexity index is 1490. The minimum absolute atomic E-state index is 0.104. The van der Waals surface area contributed by atoms with Crippen molar-refractivity contribution in [3.8, 4) is 11.1 Å². The molecule has 10 heteroatoms. The highest BCUT2D eigenvalue weighted by Gasteiger charge is 2.23. The first-order valence-electron chi connectivity index (χ1n) is 14.4. The van der Waals surface area contributed by atoms with E-state index in [0.717, 1.165) is 69.5 Å². The van der Waals surface area contributed by atoms with Gasteiger partial charge in [-0.3, -0.25) is 9.36 Å². The summed E-state index contributed by atoms with van der Waals surface area (Å²) < 4.78 is 12.5. The number of likely N-dealkylation sites (tertiary alicyclic amines) is 1. The number of ether oxygens (including phenoxy) is 2. The molecule has 2 fully saturated rings. The van der Waals surface area contributed by atoms with Crippen molar-refractivity contribution in [3.63, 3.8) is 0 Å². The van der Waals surface area contributed by atoms with Gasteiger partial charge >= 0.3 is 0 Å². The third kappa shape index (κ3) is 6.80. The first-order valence-corrected chi connectivity index (χ1v) is 14.8. The second-order valence-corrected chi connectivity index (χ2v) is 11.2. The summed E-state index contributed by atoms with van der Waals surface area (Å²) in [5, 5.41) is 4.70. The molecule has 2 aliphatic heterocycles. The van der Waals surface area contributed by atoms with Crippen LogP contribution in [0.2, 0.25) is 5.02 Å². The molecule has 1 aromatic carbocycles. The summed E-state index contributed by atoms with van der Waals surface area (Å²) in [6.45, 7) is 13.2. The molecule has 2 saturated heterocycles. The van der Waals surface area contributed by atoms with Crippen LogP contribution in [-0.4, -0.2) is 71.3 Å². The highest BCUT2D eigenvalue weighted by molar-refractivity contribution is 6.33. The third-order valence-corrected chi connectivity index (χ3v) is 8.47. The van der Waals surface area contributed by atoms with Crippen LogP contribution in [0.25, 0.3) is 27.9 Å². The predicted octanol–water partition coefficient (Wildman–Crippen LogP) is 5.47. The topological polar surface area (TPSA) is 93.9 Å². The van der Waals surface area contributed by atoms with Crippen LogP contribution in [0.15, 0.2) is 46.8 Å². The van der Waals surface area contributed by atoms with Gasteiger partial charge in [-0.15, -0.1) is 0 Å². The van der Waals surface area contributed by atoms with E-state index in [9.17, 15) is 4.79 Å². The van der Waals surface area contributed by atoms with E-state index in [1.165, 1.54) is 0 Å². The van der Waals surface area contributed by atoms with Gasteiger partial charge in [0.2, 0.25) is 5.95 Å². The predicted molar refractivity (Wildman–Crippen MR) is 166 cm³/mol. The number of fused-ring (bicyclic) bond motifs is 1. The lowest BCUT2D eigenvalue weighted by Gasteiger charge is -2.31. The summed E-state index contributed by atoms with van der Waals surface area (Å²) in [6, 6.07) is 7.63. The number of hydrogen-bond acceptors (Lipinski definition) is 8. The molecule has 2 aromatic heterocycles. The first kappa shape index (κ1) is 29.2. The molecule has 1 N–H and O–H groups in total. The molecule has 0 spiro atoms. The van der Waals surface area contributed by atoms with E-state index in [1.54, 1.807) is 26.3 Å². The number of pyridine rings is 1. The maximum atomic E-state index is 14.2. The number of methoxy groups -OCH3 is 1. The van der Waals surface area contributed by atoms with Crippen LogP contribution >= 0.6 is 11.6 Å². The fourth-order valence-corrected chi connectivity index (χ4v) is 5.85. The highest BCUT2D eigenvalue weighted by Crippen LogP contribution is 2.31. The van der Waals surface area contributed by atoms with Crippen molar-refractivity contribution in [2.24, 2.45) is 10.9 Å². The zero-order valence-corrected chi connectivity index (χ0v) is 24.9. The number of benzene rings is 1. The zero-order chi connectivity index (χ0) is 28.9. The van der Waals surface area contributed by atoms with E-state index in [-0.39, 0.29) is 11.6 Å². The Morgan fingerprint density at radius 1 is 1.20 bits per heavy atom. The quantitative estimate of drug-likeness (QED) is 0.280. The summed E-state index contributed by atoms with van der Waals surface area (Å²) in [7, 11) is 1.56. The molecule has 0 unspecified atom stereocenters. The Morgan fingerprint density at radius 3 is 2.63 bits per heavy atom.